The third kappa shape index (κ3) is 3.58. The number of aromatic nitrogens is 1. The number of pyridine rings is 1. The van der Waals surface area contributed by atoms with E-state index in [4.69, 9.17) is 4.74 Å². The Balaban J connectivity index is 2.19. The first-order valence-electron chi connectivity index (χ1n) is 7.08. The van der Waals surface area contributed by atoms with Crippen LogP contribution in [-0.4, -0.2) is 18.6 Å². The van der Waals surface area contributed by atoms with Gasteiger partial charge in [-0.15, -0.1) is 0 Å². The average molecular weight is 270 g/mol. The molecular formula is C17H22N2O. The van der Waals surface area contributed by atoms with Crippen LogP contribution in [0.15, 0.2) is 42.5 Å². The lowest BCUT2D eigenvalue weighted by molar-refractivity contribution is 0.317. The first-order chi connectivity index (χ1) is 9.74. The summed E-state index contributed by atoms with van der Waals surface area (Å²) in [6.07, 6.45) is 1.02. The zero-order valence-corrected chi connectivity index (χ0v) is 12.4. The highest BCUT2D eigenvalue weighted by molar-refractivity contribution is 5.33. The van der Waals surface area contributed by atoms with Crippen LogP contribution in [0, 0.1) is 6.92 Å². The van der Waals surface area contributed by atoms with Crippen molar-refractivity contribution in [2.45, 2.75) is 26.3 Å². The van der Waals surface area contributed by atoms with Gasteiger partial charge in [-0.2, -0.15) is 0 Å². The lowest BCUT2D eigenvalue weighted by atomic mass is 10.0. The summed E-state index contributed by atoms with van der Waals surface area (Å²) >= 11 is 0. The van der Waals surface area contributed by atoms with Gasteiger partial charge in [0.25, 0.3) is 0 Å². The summed E-state index contributed by atoms with van der Waals surface area (Å²) in [6, 6.07) is 14.4. The highest BCUT2D eigenvalue weighted by Gasteiger charge is 2.13. The average Bonchev–Trinajstić information content (AvgIpc) is 2.47. The van der Waals surface area contributed by atoms with E-state index in [1.807, 2.05) is 38.2 Å². The molecule has 106 valence electrons. The van der Waals surface area contributed by atoms with Crippen LogP contribution in [-0.2, 0) is 0 Å². The van der Waals surface area contributed by atoms with E-state index in [0.717, 1.165) is 30.2 Å². The van der Waals surface area contributed by atoms with Crippen LogP contribution in [0.4, 0.5) is 0 Å². The molecule has 0 aliphatic rings. The fourth-order valence-electron chi connectivity index (χ4n) is 2.19. The molecule has 1 unspecified atom stereocenters. The Morgan fingerprint density at radius 2 is 1.90 bits per heavy atom. The molecule has 0 fully saturated rings. The Morgan fingerprint density at radius 1 is 1.15 bits per heavy atom. The highest BCUT2D eigenvalue weighted by Crippen LogP contribution is 2.22. The van der Waals surface area contributed by atoms with Crippen molar-refractivity contribution in [2.24, 2.45) is 0 Å². The molecule has 1 aromatic heterocycles. The van der Waals surface area contributed by atoms with E-state index in [2.05, 4.69) is 35.4 Å². The Hall–Kier alpha value is -1.87. The second kappa shape index (κ2) is 7.06. The summed E-state index contributed by atoms with van der Waals surface area (Å²) in [4.78, 5) is 4.60. The third-order valence-electron chi connectivity index (χ3n) is 3.18. The van der Waals surface area contributed by atoms with Crippen LogP contribution >= 0.6 is 0 Å². The SMILES string of the molecule is CCCOc1ccc(C(NC)c2cccc(C)n2)cc1. The molecular weight excluding hydrogens is 248 g/mol. The summed E-state index contributed by atoms with van der Waals surface area (Å²) < 4.78 is 5.61. The Labute approximate surface area is 121 Å². The van der Waals surface area contributed by atoms with Crippen LogP contribution < -0.4 is 10.1 Å². The normalized spacial score (nSPS) is 12.2. The standard InChI is InChI=1S/C17H22N2O/c1-4-12-20-15-10-8-14(9-11-15)17(18-3)16-7-5-6-13(2)19-16/h5-11,17-18H,4,12H2,1-3H3. The van der Waals surface area contributed by atoms with Crippen LogP contribution in [0.1, 0.15) is 36.3 Å². The van der Waals surface area contributed by atoms with Crippen molar-refractivity contribution in [1.29, 1.82) is 0 Å². The molecule has 0 spiro atoms. The van der Waals surface area contributed by atoms with Crippen molar-refractivity contribution < 1.29 is 4.74 Å². The van der Waals surface area contributed by atoms with Gasteiger partial charge in [-0.05, 0) is 50.2 Å². The number of ether oxygens (including phenoxy) is 1. The monoisotopic (exact) mass is 270 g/mol. The summed E-state index contributed by atoms with van der Waals surface area (Å²) in [6.45, 7) is 4.88. The molecule has 20 heavy (non-hydrogen) atoms. The van der Waals surface area contributed by atoms with Crippen molar-refractivity contribution in [3.05, 3.63) is 59.4 Å². The molecule has 1 atom stereocenters. The molecule has 1 heterocycles. The van der Waals surface area contributed by atoms with E-state index in [-0.39, 0.29) is 6.04 Å². The number of nitrogens with zero attached hydrogens (tertiary/aromatic N) is 1. The van der Waals surface area contributed by atoms with E-state index < -0.39 is 0 Å². The lowest BCUT2D eigenvalue weighted by Gasteiger charge is -2.17. The number of rotatable bonds is 6. The fourth-order valence-corrected chi connectivity index (χ4v) is 2.19. The second-order valence-electron chi connectivity index (χ2n) is 4.84. The van der Waals surface area contributed by atoms with Crippen molar-refractivity contribution in [3.8, 4) is 5.75 Å². The van der Waals surface area contributed by atoms with Crippen LogP contribution in [0.2, 0.25) is 0 Å². The van der Waals surface area contributed by atoms with Gasteiger partial charge in [-0.25, -0.2) is 0 Å². The molecule has 2 rings (SSSR count). The van der Waals surface area contributed by atoms with E-state index in [9.17, 15) is 0 Å². The number of benzene rings is 1. The van der Waals surface area contributed by atoms with E-state index in [0.29, 0.717) is 0 Å². The third-order valence-corrected chi connectivity index (χ3v) is 3.18. The zero-order chi connectivity index (χ0) is 14.4. The first kappa shape index (κ1) is 14.5. The molecule has 0 bridgehead atoms. The smallest absolute Gasteiger partial charge is 0.119 e. The second-order valence-corrected chi connectivity index (χ2v) is 4.84. The molecule has 0 radical (unpaired) electrons. The maximum absolute atomic E-state index is 5.61. The first-order valence-corrected chi connectivity index (χ1v) is 7.08. The molecule has 3 nitrogen and oxygen atoms in total. The number of nitrogens with one attached hydrogen (secondary N) is 1. The quantitative estimate of drug-likeness (QED) is 0.872. The van der Waals surface area contributed by atoms with Crippen LogP contribution in [0.3, 0.4) is 0 Å². The van der Waals surface area contributed by atoms with Crippen LogP contribution in [0.25, 0.3) is 0 Å². The van der Waals surface area contributed by atoms with Crippen molar-refractivity contribution in [3.63, 3.8) is 0 Å². The summed E-state index contributed by atoms with van der Waals surface area (Å²) in [5, 5.41) is 3.32. The molecule has 3 heteroatoms. The predicted molar refractivity (Wildman–Crippen MR) is 82.1 cm³/mol. The van der Waals surface area contributed by atoms with Crippen molar-refractivity contribution >= 4 is 0 Å². The van der Waals surface area contributed by atoms with E-state index in [1.54, 1.807) is 0 Å². The molecule has 0 aliphatic heterocycles. The van der Waals surface area contributed by atoms with Gasteiger partial charge in [0.1, 0.15) is 5.75 Å². The Bertz CT molecular complexity index is 537. The summed E-state index contributed by atoms with van der Waals surface area (Å²) in [7, 11) is 1.95. The minimum absolute atomic E-state index is 0.107. The molecule has 0 saturated carbocycles. The minimum Gasteiger partial charge on any atom is -0.494 e. The molecule has 0 aliphatic carbocycles. The number of hydrogen-bond acceptors (Lipinski definition) is 3. The van der Waals surface area contributed by atoms with E-state index >= 15 is 0 Å². The van der Waals surface area contributed by atoms with Gasteiger partial charge in [0, 0.05) is 5.69 Å². The fraction of sp³-hybridized carbons (Fsp3) is 0.353. The number of aryl methyl sites for hydroxylation is 1. The summed E-state index contributed by atoms with van der Waals surface area (Å²) in [5.41, 5.74) is 3.26. The Morgan fingerprint density at radius 3 is 2.50 bits per heavy atom. The van der Waals surface area contributed by atoms with E-state index in [1.165, 1.54) is 5.56 Å². The summed E-state index contributed by atoms with van der Waals surface area (Å²) in [5.74, 6) is 0.919. The van der Waals surface area contributed by atoms with Gasteiger partial charge in [0.15, 0.2) is 0 Å². The minimum atomic E-state index is 0.107. The van der Waals surface area contributed by atoms with Crippen molar-refractivity contribution in [1.82, 2.24) is 10.3 Å². The Kier molecular flexibility index (Phi) is 5.13. The van der Waals surface area contributed by atoms with Gasteiger partial charge in [-0.1, -0.05) is 25.1 Å². The lowest BCUT2D eigenvalue weighted by Crippen LogP contribution is -2.19. The molecule has 1 N–H and O–H groups in total. The molecule has 1 aromatic carbocycles. The molecule has 2 aromatic rings. The zero-order valence-electron chi connectivity index (χ0n) is 12.4. The maximum Gasteiger partial charge on any atom is 0.119 e. The van der Waals surface area contributed by atoms with Gasteiger partial charge < -0.3 is 10.1 Å². The largest absolute Gasteiger partial charge is 0.494 e. The molecule has 0 saturated heterocycles. The predicted octanol–water partition coefficient (Wildman–Crippen LogP) is 3.49. The maximum atomic E-state index is 5.61. The number of hydrogen-bond donors (Lipinski definition) is 1. The highest BCUT2D eigenvalue weighted by atomic mass is 16.5. The van der Waals surface area contributed by atoms with Gasteiger partial charge in [0.05, 0.1) is 18.3 Å². The van der Waals surface area contributed by atoms with Crippen LogP contribution in [0.5, 0.6) is 5.75 Å². The van der Waals surface area contributed by atoms with Crippen molar-refractivity contribution in [2.75, 3.05) is 13.7 Å². The topological polar surface area (TPSA) is 34.1 Å². The van der Waals surface area contributed by atoms with Gasteiger partial charge in [-0.3, -0.25) is 4.98 Å². The van der Waals surface area contributed by atoms with Gasteiger partial charge >= 0.3 is 0 Å². The van der Waals surface area contributed by atoms with Gasteiger partial charge in [0.2, 0.25) is 0 Å². The molecule has 0 amide bonds.